The number of halogens is 2. The van der Waals surface area contributed by atoms with Crippen molar-refractivity contribution < 1.29 is 18.4 Å². The number of carbonyl (C=O) groups excluding carboxylic acids is 1. The number of fused-ring (bicyclic) bond motifs is 1. The molecule has 1 amide bonds. The van der Waals surface area contributed by atoms with Gasteiger partial charge in [-0.3, -0.25) is 9.69 Å². The first kappa shape index (κ1) is 18.2. The van der Waals surface area contributed by atoms with Crippen LogP contribution >= 0.6 is 0 Å². The molecule has 0 aromatic rings. The second-order valence-electron chi connectivity index (χ2n) is 7.06. The molecule has 4 atom stereocenters. The predicted molar refractivity (Wildman–Crippen MR) is 87.8 cm³/mol. The number of alkyl halides is 2. The van der Waals surface area contributed by atoms with Gasteiger partial charge in [-0.05, 0) is 18.9 Å². The smallest absolute Gasteiger partial charge is 0.253 e. The molecule has 0 aromatic carbocycles. The lowest BCUT2D eigenvalue weighted by atomic mass is 9.95. The lowest BCUT2D eigenvalue weighted by Crippen LogP contribution is -2.63. The molecule has 0 spiro atoms. The van der Waals surface area contributed by atoms with E-state index in [0.29, 0.717) is 39.0 Å². The van der Waals surface area contributed by atoms with E-state index in [0.717, 1.165) is 17.8 Å². The van der Waals surface area contributed by atoms with Crippen molar-refractivity contribution in [2.24, 2.45) is 5.92 Å². The molecule has 3 saturated heterocycles. The molecule has 25 heavy (non-hydrogen) atoms. The molecular weight excluding hydrogens is 332 g/mol. The zero-order chi connectivity index (χ0) is 18.0. The summed E-state index contributed by atoms with van der Waals surface area (Å²) in [4.78, 5) is 26.8. The van der Waals surface area contributed by atoms with Gasteiger partial charge in [0, 0.05) is 31.6 Å². The van der Waals surface area contributed by atoms with E-state index < -0.39 is 12.5 Å². The van der Waals surface area contributed by atoms with E-state index in [2.05, 4.69) is 22.1 Å². The average Bonchev–Trinajstić information content (AvgIpc) is 3.00. The van der Waals surface area contributed by atoms with Crippen molar-refractivity contribution in [3.05, 3.63) is 17.6 Å². The van der Waals surface area contributed by atoms with Gasteiger partial charge in [0.1, 0.15) is 11.0 Å². The Labute approximate surface area is 145 Å². The van der Waals surface area contributed by atoms with Crippen LogP contribution in [0.25, 0.3) is 0 Å². The first-order valence-corrected chi connectivity index (χ1v) is 8.88. The first-order chi connectivity index (χ1) is 12.0. The fourth-order valence-electron chi connectivity index (χ4n) is 4.14. The SMILES string of the molecule is C=CC(=O)NCC1CN(C2CCC(C(F)F)NC2)C2CC[N+](=O)N2C1. The molecule has 3 aliphatic rings. The van der Waals surface area contributed by atoms with Gasteiger partial charge in [-0.25, -0.2) is 8.78 Å². The van der Waals surface area contributed by atoms with Crippen LogP contribution in [0.1, 0.15) is 19.3 Å². The monoisotopic (exact) mass is 358 g/mol. The Bertz CT molecular complexity index is 525. The van der Waals surface area contributed by atoms with Gasteiger partial charge >= 0.3 is 0 Å². The third-order valence-electron chi connectivity index (χ3n) is 5.46. The van der Waals surface area contributed by atoms with E-state index in [1.54, 1.807) is 0 Å². The molecule has 0 radical (unpaired) electrons. The number of rotatable bonds is 5. The zero-order valence-corrected chi connectivity index (χ0v) is 14.2. The third kappa shape index (κ3) is 3.98. The predicted octanol–water partition coefficient (Wildman–Crippen LogP) is 0.332. The van der Waals surface area contributed by atoms with E-state index in [4.69, 9.17) is 0 Å². The van der Waals surface area contributed by atoms with Crippen molar-refractivity contribution in [3.63, 3.8) is 0 Å². The minimum absolute atomic E-state index is 0.0266. The van der Waals surface area contributed by atoms with Crippen LogP contribution in [0.2, 0.25) is 0 Å². The number of hydrogen-bond acceptors (Lipinski definition) is 4. The van der Waals surface area contributed by atoms with Gasteiger partial charge in [-0.15, -0.1) is 5.01 Å². The van der Waals surface area contributed by atoms with Crippen LogP contribution in [-0.4, -0.2) is 78.1 Å². The molecule has 0 aromatic heterocycles. The number of nitrogens with zero attached hydrogens (tertiary/aromatic N) is 3. The molecule has 0 aliphatic carbocycles. The maximum Gasteiger partial charge on any atom is 0.253 e. The Morgan fingerprint density at radius 2 is 2.16 bits per heavy atom. The molecule has 3 heterocycles. The van der Waals surface area contributed by atoms with Gasteiger partial charge in [-0.1, -0.05) is 6.58 Å². The maximum atomic E-state index is 12.8. The lowest BCUT2D eigenvalue weighted by molar-refractivity contribution is -0.697. The van der Waals surface area contributed by atoms with E-state index in [9.17, 15) is 18.5 Å². The number of hydrogen-bond donors (Lipinski definition) is 2. The topological polar surface area (TPSA) is 67.7 Å². The summed E-state index contributed by atoms with van der Waals surface area (Å²) in [6.07, 6.45) is 0.795. The highest BCUT2D eigenvalue weighted by Gasteiger charge is 2.49. The molecule has 4 unspecified atom stereocenters. The fraction of sp³-hybridized carbons (Fsp3) is 0.812. The average molecular weight is 358 g/mol. The highest BCUT2D eigenvalue weighted by molar-refractivity contribution is 5.86. The largest absolute Gasteiger partial charge is 0.352 e. The van der Waals surface area contributed by atoms with Crippen LogP contribution in [0.5, 0.6) is 0 Å². The van der Waals surface area contributed by atoms with Gasteiger partial charge in [0.05, 0.1) is 23.9 Å². The van der Waals surface area contributed by atoms with Crippen molar-refractivity contribution in [3.8, 4) is 0 Å². The lowest BCUT2D eigenvalue weighted by Gasteiger charge is -2.45. The van der Waals surface area contributed by atoms with Crippen molar-refractivity contribution in [2.75, 3.05) is 32.7 Å². The first-order valence-electron chi connectivity index (χ1n) is 8.88. The Morgan fingerprint density at radius 1 is 1.36 bits per heavy atom. The third-order valence-corrected chi connectivity index (χ3v) is 5.46. The Kier molecular flexibility index (Phi) is 5.63. The Morgan fingerprint density at radius 3 is 2.80 bits per heavy atom. The van der Waals surface area contributed by atoms with Crippen LogP contribution in [0.15, 0.2) is 12.7 Å². The van der Waals surface area contributed by atoms with Gasteiger partial charge in [0.2, 0.25) is 12.5 Å². The Hall–Kier alpha value is -1.61. The number of carbonyl (C=O) groups is 1. The minimum atomic E-state index is -2.34. The van der Waals surface area contributed by atoms with E-state index in [1.807, 2.05) is 5.01 Å². The maximum absolute atomic E-state index is 12.8. The zero-order valence-electron chi connectivity index (χ0n) is 14.2. The summed E-state index contributed by atoms with van der Waals surface area (Å²) in [6, 6.07) is -0.605. The second kappa shape index (κ2) is 7.74. The minimum Gasteiger partial charge on any atom is -0.352 e. The molecule has 0 bridgehead atoms. The van der Waals surface area contributed by atoms with Gasteiger partial charge < -0.3 is 10.6 Å². The summed E-state index contributed by atoms with van der Waals surface area (Å²) in [5, 5.41) is 7.56. The summed E-state index contributed by atoms with van der Waals surface area (Å²) in [7, 11) is 0. The number of amides is 1. The summed E-state index contributed by atoms with van der Waals surface area (Å²) in [6.45, 7) is 6.21. The molecule has 140 valence electrons. The molecule has 7 nitrogen and oxygen atoms in total. The molecule has 3 aliphatic heterocycles. The number of piperidine rings is 1. The van der Waals surface area contributed by atoms with E-state index in [-0.39, 0.29) is 24.0 Å². The second-order valence-corrected chi connectivity index (χ2v) is 7.06. The van der Waals surface area contributed by atoms with Gasteiger partial charge in [0.15, 0.2) is 0 Å². The quantitative estimate of drug-likeness (QED) is 0.548. The summed E-state index contributed by atoms with van der Waals surface area (Å²) >= 11 is 0. The van der Waals surface area contributed by atoms with Gasteiger partial charge in [0.25, 0.3) is 6.43 Å². The van der Waals surface area contributed by atoms with E-state index in [1.165, 1.54) is 6.08 Å². The van der Waals surface area contributed by atoms with Crippen molar-refractivity contribution in [2.45, 2.75) is 43.9 Å². The highest BCUT2D eigenvalue weighted by atomic mass is 19.3. The van der Waals surface area contributed by atoms with Crippen LogP contribution in [-0.2, 0) is 4.79 Å². The summed E-state index contributed by atoms with van der Waals surface area (Å²) in [5.74, 6) is -0.115. The molecule has 2 N–H and O–H groups in total. The van der Waals surface area contributed by atoms with Crippen LogP contribution in [0.4, 0.5) is 8.78 Å². The van der Waals surface area contributed by atoms with Crippen LogP contribution in [0, 0.1) is 10.8 Å². The molecular formula is C16H26F2N5O2+. The van der Waals surface area contributed by atoms with Crippen LogP contribution < -0.4 is 10.6 Å². The summed E-state index contributed by atoms with van der Waals surface area (Å²) < 4.78 is 25.7. The van der Waals surface area contributed by atoms with Crippen molar-refractivity contribution in [1.29, 1.82) is 0 Å². The highest BCUT2D eigenvalue weighted by Crippen LogP contribution is 2.30. The Balaban J connectivity index is 1.65. The van der Waals surface area contributed by atoms with Crippen LogP contribution in [0.3, 0.4) is 0 Å². The number of hydrazine groups is 1. The molecule has 3 rings (SSSR count). The van der Waals surface area contributed by atoms with Crippen molar-refractivity contribution >= 4 is 5.91 Å². The standard InChI is InChI=1S/C16H25F2N5O2/c1-2-14(24)20-7-11-9-21(15-5-6-23(25)22(15)10-11)12-3-4-13(16(17)18)19-8-12/h2,11-13,15-16,19H,1,3-10H2/p+1. The molecule has 3 fully saturated rings. The van der Waals surface area contributed by atoms with Gasteiger partial charge in [-0.2, -0.15) is 0 Å². The normalized spacial score (nSPS) is 33.4. The summed E-state index contributed by atoms with van der Waals surface area (Å²) in [5.41, 5.74) is 0. The van der Waals surface area contributed by atoms with Crippen molar-refractivity contribution in [1.82, 2.24) is 20.5 Å². The van der Waals surface area contributed by atoms with E-state index >= 15 is 0 Å². The fourth-order valence-corrected chi connectivity index (χ4v) is 4.14. The molecule has 9 heteroatoms. The number of nitrogens with one attached hydrogen (secondary N) is 2. The number of nitroso groups, excluding NO2 is 1. The molecule has 0 saturated carbocycles.